The highest BCUT2D eigenvalue weighted by atomic mass is 16.1. The van der Waals surface area contributed by atoms with Gasteiger partial charge in [-0.15, -0.1) is 0 Å². The Hall–Kier alpha value is -2.10. The summed E-state index contributed by atoms with van der Waals surface area (Å²) in [4.78, 5) is 18.5. The third kappa shape index (κ3) is 2.36. The van der Waals surface area contributed by atoms with Crippen LogP contribution in [0.15, 0.2) is 29.1 Å². The fraction of sp³-hybridized carbons (Fsp3) is 0.231. The van der Waals surface area contributed by atoms with Crippen LogP contribution in [0.3, 0.4) is 0 Å². The lowest BCUT2D eigenvalue weighted by Crippen LogP contribution is -2.10. The molecule has 0 bridgehead atoms. The molecule has 0 unspecified atom stereocenters. The summed E-state index contributed by atoms with van der Waals surface area (Å²) in [6.07, 6.45) is 0.699. The van der Waals surface area contributed by atoms with Gasteiger partial charge in [0.05, 0.1) is 5.69 Å². The third-order valence-electron chi connectivity index (χ3n) is 2.70. The van der Waals surface area contributed by atoms with Crippen molar-refractivity contribution < 1.29 is 0 Å². The predicted molar refractivity (Wildman–Crippen MR) is 68.8 cm³/mol. The minimum atomic E-state index is -0.133. The Morgan fingerprint density at radius 3 is 2.76 bits per heavy atom. The second-order valence-electron chi connectivity index (χ2n) is 4.00. The molecule has 1 heterocycles. The summed E-state index contributed by atoms with van der Waals surface area (Å²) in [6, 6.07) is 7.19. The smallest absolute Gasteiger partial charge is 0.251 e. The number of aryl methyl sites for hydroxylation is 2. The van der Waals surface area contributed by atoms with Crippen molar-refractivity contribution in [3.63, 3.8) is 0 Å². The van der Waals surface area contributed by atoms with E-state index in [0.29, 0.717) is 23.6 Å². The number of aromatic nitrogens is 2. The Morgan fingerprint density at radius 1 is 1.35 bits per heavy atom. The average molecular weight is 229 g/mol. The van der Waals surface area contributed by atoms with E-state index in [0.717, 1.165) is 11.1 Å². The molecule has 4 nitrogen and oxygen atoms in total. The number of hydrogen-bond acceptors (Lipinski definition) is 3. The van der Waals surface area contributed by atoms with Gasteiger partial charge in [0.25, 0.3) is 5.56 Å². The highest BCUT2D eigenvalue weighted by Crippen LogP contribution is 2.21. The van der Waals surface area contributed by atoms with Gasteiger partial charge in [-0.1, -0.05) is 19.1 Å². The van der Waals surface area contributed by atoms with E-state index in [1.54, 1.807) is 0 Å². The van der Waals surface area contributed by atoms with E-state index in [1.807, 2.05) is 32.0 Å². The number of nitrogen functional groups attached to an aromatic ring is 1. The topological polar surface area (TPSA) is 71.8 Å². The first kappa shape index (κ1) is 11.4. The molecule has 0 aliphatic carbocycles. The molecule has 0 saturated heterocycles. The lowest BCUT2D eigenvalue weighted by atomic mass is 10.1. The molecule has 3 N–H and O–H groups in total. The number of aromatic amines is 1. The van der Waals surface area contributed by atoms with Gasteiger partial charge in [-0.3, -0.25) is 4.79 Å². The lowest BCUT2D eigenvalue weighted by Gasteiger charge is -2.05. The van der Waals surface area contributed by atoms with E-state index in [4.69, 9.17) is 5.73 Å². The van der Waals surface area contributed by atoms with E-state index in [-0.39, 0.29) is 5.56 Å². The van der Waals surface area contributed by atoms with Crippen molar-refractivity contribution in [3.05, 3.63) is 46.0 Å². The zero-order valence-electron chi connectivity index (χ0n) is 9.95. The number of hydrogen-bond donors (Lipinski definition) is 2. The van der Waals surface area contributed by atoms with E-state index < -0.39 is 0 Å². The maximum absolute atomic E-state index is 11.5. The first-order valence-electron chi connectivity index (χ1n) is 5.57. The number of H-pyrrole nitrogens is 1. The standard InChI is InChI=1S/C13H15N3O/c1-3-12-15-11(7-13(17)16-12)9-5-4-8(2)10(14)6-9/h4-7H,3,14H2,1-2H3,(H,15,16,17). The quantitative estimate of drug-likeness (QED) is 0.772. The monoisotopic (exact) mass is 229 g/mol. The van der Waals surface area contributed by atoms with Crippen LogP contribution in [0.4, 0.5) is 5.69 Å². The highest BCUT2D eigenvalue weighted by Gasteiger charge is 2.04. The Bertz CT molecular complexity index is 602. The van der Waals surface area contributed by atoms with Crippen LogP contribution in [-0.4, -0.2) is 9.97 Å². The van der Waals surface area contributed by atoms with Crippen LogP contribution in [0.25, 0.3) is 11.3 Å². The molecule has 0 fully saturated rings. The summed E-state index contributed by atoms with van der Waals surface area (Å²) in [5.41, 5.74) is 8.99. The molecule has 0 aliphatic heterocycles. The average Bonchev–Trinajstić information content (AvgIpc) is 2.32. The molecular weight excluding hydrogens is 214 g/mol. The normalized spacial score (nSPS) is 10.5. The van der Waals surface area contributed by atoms with Gasteiger partial charge in [0.1, 0.15) is 5.82 Å². The van der Waals surface area contributed by atoms with Crippen molar-refractivity contribution in [2.45, 2.75) is 20.3 Å². The van der Waals surface area contributed by atoms with Crippen molar-refractivity contribution in [2.75, 3.05) is 5.73 Å². The van der Waals surface area contributed by atoms with Gasteiger partial charge in [-0.25, -0.2) is 4.98 Å². The molecule has 0 aliphatic rings. The summed E-state index contributed by atoms with van der Waals surface area (Å²) in [5, 5.41) is 0. The fourth-order valence-electron chi connectivity index (χ4n) is 1.62. The zero-order valence-corrected chi connectivity index (χ0v) is 9.95. The SMILES string of the molecule is CCc1nc(-c2ccc(C)c(N)c2)cc(=O)[nH]1. The Labute approximate surface area is 99.5 Å². The second-order valence-corrected chi connectivity index (χ2v) is 4.00. The summed E-state index contributed by atoms with van der Waals surface area (Å²) < 4.78 is 0. The second kappa shape index (κ2) is 4.41. The molecule has 17 heavy (non-hydrogen) atoms. The first-order valence-corrected chi connectivity index (χ1v) is 5.57. The highest BCUT2D eigenvalue weighted by molar-refractivity contribution is 5.65. The summed E-state index contributed by atoms with van der Waals surface area (Å²) in [6.45, 7) is 3.90. The van der Waals surface area contributed by atoms with Crippen LogP contribution in [0.1, 0.15) is 18.3 Å². The Kier molecular flexibility index (Phi) is 2.95. The molecule has 1 aromatic carbocycles. The number of benzene rings is 1. The fourth-order valence-corrected chi connectivity index (χ4v) is 1.62. The van der Waals surface area contributed by atoms with Crippen LogP contribution in [0.5, 0.6) is 0 Å². The zero-order chi connectivity index (χ0) is 12.4. The molecular formula is C13H15N3O. The largest absolute Gasteiger partial charge is 0.398 e. The molecule has 4 heteroatoms. The van der Waals surface area contributed by atoms with Crippen molar-refractivity contribution >= 4 is 5.69 Å². The molecule has 0 radical (unpaired) electrons. The van der Waals surface area contributed by atoms with Crippen molar-refractivity contribution in [3.8, 4) is 11.3 Å². The Balaban J connectivity index is 2.55. The summed E-state index contributed by atoms with van der Waals surface area (Å²) >= 11 is 0. The minimum Gasteiger partial charge on any atom is -0.398 e. The molecule has 0 saturated carbocycles. The van der Waals surface area contributed by atoms with Crippen molar-refractivity contribution in [1.82, 2.24) is 9.97 Å². The number of anilines is 1. The third-order valence-corrected chi connectivity index (χ3v) is 2.70. The van der Waals surface area contributed by atoms with Crippen LogP contribution in [0.2, 0.25) is 0 Å². The molecule has 88 valence electrons. The number of nitrogens with zero attached hydrogens (tertiary/aromatic N) is 1. The van der Waals surface area contributed by atoms with Gasteiger partial charge in [0, 0.05) is 23.7 Å². The minimum absolute atomic E-state index is 0.133. The summed E-state index contributed by atoms with van der Waals surface area (Å²) in [7, 11) is 0. The van der Waals surface area contributed by atoms with Crippen LogP contribution >= 0.6 is 0 Å². The number of nitrogens with one attached hydrogen (secondary N) is 1. The molecule has 0 atom stereocenters. The molecule has 2 rings (SSSR count). The first-order chi connectivity index (χ1) is 8.10. The van der Waals surface area contributed by atoms with Crippen molar-refractivity contribution in [1.29, 1.82) is 0 Å². The van der Waals surface area contributed by atoms with Gasteiger partial charge < -0.3 is 10.7 Å². The van der Waals surface area contributed by atoms with E-state index >= 15 is 0 Å². The maximum Gasteiger partial charge on any atom is 0.251 e. The Morgan fingerprint density at radius 2 is 2.12 bits per heavy atom. The van der Waals surface area contributed by atoms with E-state index in [1.165, 1.54) is 6.07 Å². The van der Waals surface area contributed by atoms with Gasteiger partial charge in [-0.2, -0.15) is 0 Å². The lowest BCUT2D eigenvalue weighted by molar-refractivity contribution is 0.924. The van der Waals surface area contributed by atoms with Crippen molar-refractivity contribution in [2.24, 2.45) is 0 Å². The van der Waals surface area contributed by atoms with Gasteiger partial charge >= 0.3 is 0 Å². The maximum atomic E-state index is 11.5. The van der Waals surface area contributed by atoms with E-state index in [9.17, 15) is 4.79 Å². The van der Waals surface area contributed by atoms with Crippen LogP contribution < -0.4 is 11.3 Å². The summed E-state index contributed by atoms with van der Waals surface area (Å²) in [5.74, 6) is 0.687. The number of rotatable bonds is 2. The van der Waals surface area contributed by atoms with Crippen LogP contribution in [0, 0.1) is 6.92 Å². The molecule has 2 aromatic rings. The molecule has 1 aromatic heterocycles. The van der Waals surface area contributed by atoms with E-state index in [2.05, 4.69) is 9.97 Å². The predicted octanol–water partition coefficient (Wildman–Crippen LogP) is 1.89. The molecule has 0 spiro atoms. The molecule has 0 amide bonds. The number of nitrogens with two attached hydrogens (primary N) is 1. The van der Waals surface area contributed by atoms with Gasteiger partial charge in [-0.05, 0) is 18.6 Å². The van der Waals surface area contributed by atoms with Crippen LogP contribution in [-0.2, 0) is 6.42 Å². The van der Waals surface area contributed by atoms with Gasteiger partial charge in [0.2, 0.25) is 0 Å². The van der Waals surface area contributed by atoms with Gasteiger partial charge in [0.15, 0.2) is 0 Å².